The number of aliphatic hydroxyl groups excluding tert-OH is 2. The Labute approximate surface area is 68.8 Å². The van der Waals surface area contributed by atoms with Crippen LogP contribution in [0.5, 0.6) is 0 Å². The molecule has 4 heteroatoms. The molecule has 0 amide bonds. The molecule has 0 spiro atoms. The Balaban J connectivity index is 3.18. The SMILES string of the molecule is OCCN(CI)CCO. The van der Waals surface area contributed by atoms with Crippen LogP contribution in [0.2, 0.25) is 0 Å². The van der Waals surface area contributed by atoms with Gasteiger partial charge in [-0.3, -0.25) is 4.90 Å². The van der Waals surface area contributed by atoms with Crippen molar-refractivity contribution in [2.45, 2.75) is 0 Å². The van der Waals surface area contributed by atoms with Gasteiger partial charge in [-0.2, -0.15) is 0 Å². The smallest absolute Gasteiger partial charge is 0.0558 e. The van der Waals surface area contributed by atoms with E-state index in [1.54, 1.807) is 0 Å². The van der Waals surface area contributed by atoms with Crippen molar-refractivity contribution >= 4 is 22.6 Å². The third-order valence-corrected chi connectivity index (χ3v) is 1.97. The number of rotatable bonds is 5. The highest BCUT2D eigenvalue weighted by Crippen LogP contribution is 1.91. The van der Waals surface area contributed by atoms with Gasteiger partial charge in [-0.1, -0.05) is 22.6 Å². The van der Waals surface area contributed by atoms with E-state index >= 15 is 0 Å². The van der Waals surface area contributed by atoms with Gasteiger partial charge in [-0.25, -0.2) is 0 Å². The molecule has 0 unspecified atom stereocenters. The Morgan fingerprint density at radius 3 is 1.78 bits per heavy atom. The molecule has 0 aliphatic rings. The minimum atomic E-state index is 0.170. The maximum Gasteiger partial charge on any atom is 0.0558 e. The molecular weight excluding hydrogens is 233 g/mol. The van der Waals surface area contributed by atoms with Gasteiger partial charge < -0.3 is 10.2 Å². The highest BCUT2D eigenvalue weighted by molar-refractivity contribution is 14.1. The molecule has 0 rings (SSSR count). The molecule has 56 valence electrons. The Kier molecular flexibility index (Phi) is 7.18. The van der Waals surface area contributed by atoms with Gasteiger partial charge in [0.2, 0.25) is 0 Å². The van der Waals surface area contributed by atoms with Crippen LogP contribution in [0.15, 0.2) is 0 Å². The van der Waals surface area contributed by atoms with E-state index in [4.69, 9.17) is 10.2 Å². The fraction of sp³-hybridized carbons (Fsp3) is 1.00. The van der Waals surface area contributed by atoms with Crippen LogP contribution < -0.4 is 0 Å². The van der Waals surface area contributed by atoms with E-state index in [-0.39, 0.29) is 13.2 Å². The number of nitrogens with zero attached hydrogens (tertiary/aromatic N) is 1. The third kappa shape index (κ3) is 5.07. The molecule has 0 heterocycles. The Bertz CT molecular complexity index is 56.9. The second-order valence-electron chi connectivity index (χ2n) is 1.68. The lowest BCUT2D eigenvalue weighted by Gasteiger charge is -2.15. The summed E-state index contributed by atoms with van der Waals surface area (Å²) >= 11 is 2.20. The second-order valence-corrected chi connectivity index (χ2v) is 2.37. The Hall–Kier alpha value is 0.610. The highest BCUT2D eigenvalue weighted by atomic mass is 127. The lowest BCUT2D eigenvalue weighted by atomic mass is 10.5. The fourth-order valence-electron chi connectivity index (χ4n) is 0.514. The number of halogens is 1. The molecule has 0 saturated carbocycles. The van der Waals surface area contributed by atoms with Crippen molar-refractivity contribution < 1.29 is 10.2 Å². The number of aliphatic hydroxyl groups is 2. The summed E-state index contributed by atoms with van der Waals surface area (Å²) in [5, 5.41) is 16.9. The summed E-state index contributed by atoms with van der Waals surface area (Å²) in [7, 11) is 0. The molecule has 9 heavy (non-hydrogen) atoms. The van der Waals surface area contributed by atoms with E-state index in [9.17, 15) is 0 Å². The van der Waals surface area contributed by atoms with Crippen molar-refractivity contribution in [3.8, 4) is 0 Å². The first-order valence-electron chi connectivity index (χ1n) is 2.85. The van der Waals surface area contributed by atoms with Crippen molar-refractivity contribution in [3.05, 3.63) is 0 Å². The van der Waals surface area contributed by atoms with Gasteiger partial charge in [0, 0.05) is 13.1 Å². The lowest BCUT2D eigenvalue weighted by Crippen LogP contribution is -2.28. The molecule has 2 N–H and O–H groups in total. The third-order valence-electron chi connectivity index (χ3n) is 1.00. The van der Waals surface area contributed by atoms with Crippen molar-refractivity contribution in [3.63, 3.8) is 0 Å². The quantitative estimate of drug-likeness (QED) is 0.396. The highest BCUT2D eigenvalue weighted by Gasteiger charge is 1.98. The van der Waals surface area contributed by atoms with Crippen LogP contribution in [0.3, 0.4) is 0 Å². The predicted molar refractivity (Wildman–Crippen MR) is 44.6 cm³/mol. The monoisotopic (exact) mass is 245 g/mol. The number of alkyl halides is 1. The van der Waals surface area contributed by atoms with Crippen molar-refractivity contribution in [1.29, 1.82) is 0 Å². The summed E-state index contributed by atoms with van der Waals surface area (Å²) in [6.45, 7) is 1.65. The maximum atomic E-state index is 8.47. The zero-order valence-corrected chi connectivity index (χ0v) is 7.41. The molecule has 0 aromatic carbocycles. The van der Waals surface area contributed by atoms with Gasteiger partial charge in [-0.15, -0.1) is 0 Å². The molecule has 0 bridgehead atoms. The van der Waals surface area contributed by atoms with Gasteiger partial charge in [0.1, 0.15) is 0 Å². The van der Waals surface area contributed by atoms with Crippen LogP contribution in [-0.2, 0) is 0 Å². The van der Waals surface area contributed by atoms with Crippen LogP contribution in [0.1, 0.15) is 0 Å². The van der Waals surface area contributed by atoms with Crippen molar-refractivity contribution in [2.75, 3.05) is 30.9 Å². The normalized spacial score (nSPS) is 10.7. The molecule has 0 aromatic rings. The predicted octanol–water partition coefficient (Wildman–Crippen LogP) is -0.335. The summed E-state index contributed by atoms with van der Waals surface area (Å²) in [6.07, 6.45) is 0. The van der Waals surface area contributed by atoms with E-state index < -0.39 is 0 Å². The van der Waals surface area contributed by atoms with Crippen LogP contribution in [0.25, 0.3) is 0 Å². The first-order valence-corrected chi connectivity index (χ1v) is 4.37. The summed E-state index contributed by atoms with van der Waals surface area (Å²) in [5.74, 6) is 0. The summed E-state index contributed by atoms with van der Waals surface area (Å²) in [5.41, 5.74) is 0. The Morgan fingerprint density at radius 1 is 1.11 bits per heavy atom. The molecule has 0 aliphatic heterocycles. The van der Waals surface area contributed by atoms with Gasteiger partial charge in [0.25, 0.3) is 0 Å². The molecule has 0 atom stereocenters. The summed E-state index contributed by atoms with van der Waals surface area (Å²) < 4.78 is 0.860. The first kappa shape index (κ1) is 9.61. The summed E-state index contributed by atoms with van der Waals surface area (Å²) in [6, 6.07) is 0. The number of hydrogen-bond acceptors (Lipinski definition) is 3. The average molecular weight is 245 g/mol. The molecule has 0 aromatic heterocycles. The molecule has 3 nitrogen and oxygen atoms in total. The van der Waals surface area contributed by atoms with Crippen molar-refractivity contribution in [2.24, 2.45) is 0 Å². The first-order chi connectivity index (χ1) is 4.35. The van der Waals surface area contributed by atoms with Gasteiger partial charge in [0.15, 0.2) is 0 Å². The largest absolute Gasteiger partial charge is 0.395 e. The average Bonchev–Trinajstić information content (AvgIpc) is 1.88. The van der Waals surface area contributed by atoms with Crippen molar-refractivity contribution in [1.82, 2.24) is 4.90 Å². The topological polar surface area (TPSA) is 43.7 Å². The van der Waals surface area contributed by atoms with E-state index in [0.717, 1.165) is 4.55 Å². The van der Waals surface area contributed by atoms with Gasteiger partial charge >= 0.3 is 0 Å². The van der Waals surface area contributed by atoms with E-state index in [2.05, 4.69) is 22.6 Å². The lowest BCUT2D eigenvalue weighted by molar-refractivity contribution is 0.182. The van der Waals surface area contributed by atoms with E-state index in [0.29, 0.717) is 13.1 Å². The minimum Gasteiger partial charge on any atom is -0.395 e. The molecular formula is C5H12INO2. The van der Waals surface area contributed by atoms with Crippen LogP contribution >= 0.6 is 22.6 Å². The summed E-state index contributed by atoms with van der Waals surface area (Å²) in [4.78, 5) is 1.97. The zero-order valence-electron chi connectivity index (χ0n) is 5.26. The molecule has 0 fully saturated rings. The van der Waals surface area contributed by atoms with Crippen LogP contribution in [-0.4, -0.2) is 46.0 Å². The second kappa shape index (κ2) is 6.73. The molecule has 0 aliphatic carbocycles. The van der Waals surface area contributed by atoms with E-state index in [1.807, 2.05) is 4.90 Å². The minimum absolute atomic E-state index is 0.170. The van der Waals surface area contributed by atoms with Crippen LogP contribution in [0, 0.1) is 0 Å². The standard InChI is InChI=1S/C5H12INO2/c6-5-7(1-3-8)2-4-9/h8-9H,1-5H2. The van der Waals surface area contributed by atoms with Gasteiger partial charge in [0.05, 0.1) is 17.8 Å². The van der Waals surface area contributed by atoms with E-state index in [1.165, 1.54) is 0 Å². The molecule has 0 radical (unpaired) electrons. The maximum absolute atomic E-state index is 8.47. The van der Waals surface area contributed by atoms with Crippen LogP contribution in [0.4, 0.5) is 0 Å². The van der Waals surface area contributed by atoms with Gasteiger partial charge in [-0.05, 0) is 0 Å². The number of hydrogen-bond donors (Lipinski definition) is 2. The zero-order chi connectivity index (χ0) is 7.11. The molecule has 0 saturated heterocycles. The Morgan fingerprint density at radius 2 is 1.56 bits per heavy atom. The fourth-order valence-corrected chi connectivity index (χ4v) is 1.20.